The van der Waals surface area contributed by atoms with E-state index in [9.17, 15) is 18.0 Å². The largest absolute Gasteiger partial charge is 0.497 e. The zero-order chi connectivity index (χ0) is 29.7. The first-order valence-electron chi connectivity index (χ1n) is 12.5. The lowest BCUT2D eigenvalue weighted by atomic mass is 10.1. The molecule has 0 spiro atoms. The molecule has 1 N–H and O–H groups in total. The monoisotopic (exact) mass is 605 g/mol. The van der Waals surface area contributed by atoms with Gasteiger partial charge in [0, 0.05) is 18.2 Å². The topological polar surface area (TPSA) is 96.0 Å². The maximum absolute atomic E-state index is 14.0. The molecule has 1 atom stereocenters. The highest BCUT2D eigenvalue weighted by Gasteiger charge is 2.33. The summed E-state index contributed by atoms with van der Waals surface area (Å²) in [6.07, 6.45) is 0. The van der Waals surface area contributed by atoms with Crippen molar-refractivity contribution < 1.29 is 22.7 Å². The first-order valence-corrected chi connectivity index (χ1v) is 14.7. The molecule has 8 nitrogen and oxygen atoms in total. The Morgan fingerprint density at radius 2 is 1.62 bits per heavy atom. The Hall–Kier alpha value is -3.27. The summed E-state index contributed by atoms with van der Waals surface area (Å²) in [7, 11) is -2.71. The second kappa shape index (κ2) is 12.9. The van der Waals surface area contributed by atoms with E-state index in [-0.39, 0.29) is 23.0 Å². The number of ether oxygens (including phenoxy) is 1. The third-order valence-corrected chi connectivity index (χ3v) is 8.48. The standard InChI is InChI=1S/C29H33Cl2N3O5S/c1-20(28(36)32-29(2,3)4)33(18-21-14-15-25(30)26(31)16-21)27(35)19-34(22-10-9-11-23(17-22)39-5)40(37,38)24-12-7-6-8-13-24/h6-17,20H,18-19H2,1-5H3,(H,32,36)/t20-/m1/s1. The van der Waals surface area contributed by atoms with E-state index in [2.05, 4.69) is 5.32 Å². The molecule has 3 aromatic rings. The van der Waals surface area contributed by atoms with E-state index in [0.717, 1.165) is 4.31 Å². The van der Waals surface area contributed by atoms with Crippen molar-refractivity contribution in [1.29, 1.82) is 0 Å². The van der Waals surface area contributed by atoms with E-state index in [1.54, 1.807) is 61.5 Å². The molecular weight excluding hydrogens is 573 g/mol. The molecule has 0 saturated heterocycles. The number of carbonyl (C=O) groups excluding carboxylic acids is 2. The van der Waals surface area contributed by atoms with Crippen LogP contribution in [0.15, 0.2) is 77.7 Å². The first-order chi connectivity index (χ1) is 18.7. The summed E-state index contributed by atoms with van der Waals surface area (Å²) in [6.45, 7) is 6.52. The number of sulfonamides is 1. The van der Waals surface area contributed by atoms with Crippen molar-refractivity contribution >= 4 is 50.7 Å². The van der Waals surface area contributed by atoms with Crippen molar-refractivity contribution in [2.45, 2.75) is 50.7 Å². The van der Waals surface area contributed by atoms with E-state index in [4.69, 9.17) is 27.9 Å². The first kappa shape index (κ1) is 31.3. The van der Waals surface area contributed by atoms with Crippen molar-refractivity contribution in [2.24, 2.45) is 0 Å². The zero-order valence-electron chi connectivity index (χ0n) is 23.0. The molecule has 0 aliphatic carbocycles. The van der Waals surface area contributed by atoms with Gasteiger partial charge in [0.25, 0.3) is 10.0 Å². The lowest BCUT2D eigenvalue weighted by Gasteiger charge is -2.33. The predicted molar refractivity (Wildman–Crippen MR) is 158 cm³/mol. The fourth-order valence-corrected chi connectivity index (χ4v) is 5.65. The van der Waals surface area contributed by atoms with E-state index >= 15 is 0 Å². The van der Waals surface area contributed by atoms with Gasteiger partial charge in [-0.25, -0.2) is 8.42 Å². The highest BCUT2D eigenvalue weighted by molar-refractivity contribution is 7.92. The molecule has 0 aliphatic heterocycles. The molecule has 0 bridgehead atoms. The lowest BCUT2D eigenvalue weighted by Crippen LogP contribution is -2.54. The van der Waals surface area contributed by atoms with Crippen LogP contribution >= 0.6 is 23.2 Å². The van der Waals surface area contributed by atoms with Crippen molar-refractivity contribution in [2.75, 3.05) is 18.0 Å². The molecule has 3 rings (SSSR count). The normalized spacial score (nSPS) is 12.4. The third kappa shape index (κ3) is 7.90. The molecule has 0 unspecified atom stereocenters. The van der Waals surface area contributed by atoms with Gasteiger partial charge in [-0.3, -0.25) is 13.9 Å². The van der Waals surface area contributed by atoms with Crippen LogP contribution in [0.2, 0.25) is 10.0 Å². The average molecular weight is 607 g/mol. The van der Waals surface area contributed by atoms with Crippen molar-refractivity contribution in [1.82, 2.24) is 10.2 Å². The van der Waals surface area contributed by atoms with E-state index < -0.39 is 34.1 Å². The number of amides is 2. The molecule has 11 heteroatoms. The number of halogens is 2. The van der Waals surface area contributed by atoms with Gasteiger partial charge in [-0.2, -0.15) is 0 Å². The summed E-state index contributed by atoms with van der Waals surface area (Å²) in [5, 5.41) is 3.53. The second-order valence-corrected chi connectivity index (χ2v) is 12.9. The highest BCUT2D eigenvalue weighted by atomic mass is 35.5. The number of hydrogen-bond donors (Lipinski definition) is 1. The SMILES string of the molecule is COc1cccc(N(CC(=O)N(Cc2ccc(Cl)c(Cl)c2)[C@H](C)C(=O)NC(C)(C)C)S(=O)(=O)c2ccccc2)c1. The molecule has 0 saturated carbocycles. The molecule has 0 aromatic heterocycles. The van der Waals surface area contributed by atoms with Crippen LogP contribution in [0.4, 0.5) is 5.69 Å². The number of methoxy groups -OCH3 is 1. The van der Waals surface area contributed by atoms with Gasteiger partial charge in [0.2, 0.25) is 11.8 Å². The molecule has 214 valence electrons. The summed E-state index contributed by atoms with van der Waals surface area (Å²) >= 11 is 12.3. The Morgan fingerprint density at radius 1 is 0.950 bits per heavy atom. The molecular formula is C29H33Cl2N3O5S. The Morgan fingerprint density at radius 3 is 2.23 bits per heavy atom. The maximum Gasteiger partial charge on any atom is 0.264 e. The van der Waals surface area contributed by atoms with Crippen LogP contribution in [0.3, 0.4) is 0 Å². The number of carbonyl (C=O) groups is 2. The Bertz CT molecular complexity index is 1460. The molecule has 0 fully saturated rings. The number of benzene rings is 3. The fourth-order valence-electron chi connectivity index (χ4n) is 3.91. The van der Waals surface area contributed by atoms with E-state index in [0.29, 0.717) is 21.4 Å². The summed E-state index contributed by atoms with van der Waals surface area (Å²) in [5.74, 6) is -0.562. The minimum absolute atomic E-state index is 0.00815. The van der Waals surface area contributed by atoms with Gasteiger partial charge in [0.1, 0.15) is 18.3 Å². The maximum atomic E-state index is 14.0. The van der Waals surface area contributed by atoms with Gasteiger partial charge in [-0.05, 0) is 69.7 Å². The molecule has 40 heavy (non-hydrogen) atoms. The van der Waals surface area contributed by atoms with E-state index in [1.165, 1.54) is 30.2 Å². The molecule has 0 radical (unpaired) electrons. The lowest BCUT2D eigenvalue weighted by molar-refractivity contribution is -0.140. The van der Waals surface area contributed by atoms with Gasteiger partial charge < -0.3 is 15.0 Å². The average Bonchev–Trinajstić information content (AvgIpc) is 2.91. The van der Waals surface area contributed by atoms with Gasteiger partial charge >= 0.3 is 0 Å². The summed E-state index contributed by atoms with van der Waals surface area (Å²) < 4.78 is 34.0. The summed E-state index contributed by atoms with van der Waals surface area (Å²) in [4.78, 5) is 28.5. The van der Waals surface area contributed by atoms with Crippen molar-refractivity contribution in [3.63, 3.8) is 0 Å². The Balaban J connectivity index is 2.06. The Kier molecular flexibility index (Phi) is 10.1. The van der Waals surface area contributed by atoms with Crippen LogP contribution in [0, 0.1) is 0 Å². The smallest absolute Gasteiger partial charge is 0.264 e. The van der Waals surface area contributed by atoms with Crippen molar-refractivity contribution in [3.05, 3.63) is 88.4 Å². The van der Waals surface area contributed by atoms with Gasteiger partial charge in [-0.15, -0.1) is 0 Å². The quantitative estimate of drug-likeness (QED) is 0.328. The molecule has 2 amide bonds. The third-order valence-electron chi connectivity index (χ3n) is 5.95. The molecule has 0 aliphatic rings. The number of nitrogens with zero attached hydrogens (tertiary/aromatic N) is 2. The summed E-state index contributed by atoms with van der Waals surface area (Å²) in [6, 6.07) is 18.2. The fraction of sp³-hybridized carbons (Fsp3) is 0.310. The van der Waals surface area contributed by atoms with Gasteiger partial charge in [0.15, 0.2) is 0 Å². The predicted octanol–water partition coefficient (Wildman–Crippen LogP) is 5.53. The van der Waals surface area contributed by atoms with Gasteiger partial charge in [-0.1, -0.05) is 53.5 Å². The number of hydrogen-bond acceptors (Lipinski definition) is 5. The second-order valence-electron chi connectivity index (χ2n) is 10.2. The molecule has 3 aromatic carbocycles. The van der Waals surface area contributed by atoms with Crippen molar-refractivity contribution in [3.8, 4) is 5.75 Å². The number of rotatable bonds is 10. The number of nitrogens with one attached hydrogen (secondary N) is 1. The minimum atomic E-state index is -4.18. The van der Waals surface area contributed by atoms with Crippen LogP contribution in [0.5, 0.6) is 5.75 Å². The number of anilines is 1. The minimum Gasteiger partial charge on any atom is -0.497 e. The summed E-state index contributed by atoms with van der Waals surface area (Å²) in [5.41, 5.74) is 0.308. The Labute approximate surface area is 245 Å². The van der Waals surface area contributed by atoms with Crippen LogP contribution in [-0.2, 0) is 26.2 Å². The van der Waals surface area contributed by atoms with Crippen LogP contribution < -0.4 is 14.4 Å². The van der Waals surface area contributed by atoms with Crippen LogP contribution in [0.1, 0.15) is 33.3 Å². The van der Waals surface area contributed by atoms with Crippen LogP contribution in [0.25, 0.3) is 0 Å². The molecule has 0 heterocycles. The van der Waals surface area contributed by atoms with Gasteiger partial charge in [0.05, 0.1) is 27.7 Å². The highest BCUT2D eigenvalue weighted by Crippen LogP contribution is 2.28. The zero-order valence-corrected chi connectivity index (χ0v) is 25.3. The van der Waals surface area contributed by atoms with Crippen LogP contribution in [-0.4, -0.2) is 50.4 Å². The van der Waals surface area contributed by atoms with E-state index in [1.807, 2.05) is 20.8 Å².